The molecule has 0 bridgehead atoms. The molecule has 0 saturated heterocycles. The number of rotatable bonds is 4. The molecule has 2 N–H and O–H groups in total. The minimum atomic E-state index is 0.688. The van der Waals surface area contributed by atoms with E-state index in [4.69, 9.17) is 5.26 Å². The monoisotopic (exact) mass is 230 g/mol. The number of nitrogens with one attached hydrogen (secondary N) is 1. The number of hydrogen-bond acceptors (Lipinski definition) is 4. The smallest absolute Gasteiger partial charge is 0.0655 e. The van der Waals surface area contributed by atoms with E-state index in [1.165, 1.54) is 0 Å². The molecule has 0 aliphatic carbocycles. The molecule has 0 saturated carbocycles. The van der Waals surface area contributed by atoms with Crippen molar-refractivity contribution in [3.05, 3.63) is 54.6 Å². The average Bonchev–Trinajstić information content (AvgIpc) is 2.40. The fourth-order valence-corrected chi connectivity index (χ4v) is 1.63. The zero-order valence-corrected chi connectivity index (χ0v) is 9.50. The first-order valence-corrected chi connectivity index (χ1v) is 5.26. The van der Waals surface area contributed by atoms with Crippen molar-refractivity contribution in [2.24, 2.45) is 0 Å². The zero-order chi connectivity index (χ0) is 12.1. The van der Waals surface area contributed by atoms with Crippen LogP contribution in [0.3, 0.4) is 0 Å². The third-order valence-electron chi connectivity index (χ3n) is 2.54. The third-order valence-corrected chi connectivity index (χ3v) is 2.54. The Morgan fingerprint density at radius 2 is 1.71 bits per heavy atom. The lowest BCUT2D eigenvalue weighted by molar-refractivity contribution is -0.215. The Morgan fingerprint density at radius 1 is 1.00 bits per heavy atom. The first-order valence-electron chi connectivity index (χ1n) is 5.26. The molecule has 0 aliphatic heterocycles. The second-order valence-corrected chi connectivity index (χ2v) is 3.64. The first kappa shape index (κ1) is 11.4. The van der Waals surface area contributed by atoms with Gasteiger partial charge in [-0.1, -0.05) is 24.3 Å². The fraction of sp³-hybridized carbons (Fsp3) is 0.0769. The second-order valence-electron chi connectivity index (χ2n) is 3.64. The minimum Gasteiger partial charge on any atom is -0.345 e. The standard InChI is InChI=1S/C13H14N2O2/c1-15(12-7-3-2-4-8-12)13-9-5-6-11(10-13)14-17-16/h2-10,14,16H,1H3. The fourth-order valence-electron chi connectivity index (χ4n) is 1.63. The third kappa shape index (κ3) is 2.75. The highest BCUT2D eigenvalue weighted by atomic mass is 17.2. The van der Waals surface area contributed by atoms with E-state index in [9.17, 15) is 0 Å². The van der Waals surface area contributed by atoms with Crippen LogP contribution in [0, 0.1) is 0 Å². The largest absolute Gasteiger partial charge is 0.345 e. The molecule has 0 amide bonds. The van der Waals surface area contributed by atoms with Crippen molar-refractivity contribution in [3.63, 3.8) is 0 Å². The van der Waals surface area contributed by atoms with Gasteiger partial charge in [0, 0.05) is 18.4 Å². The molecule has 4 nitrogen and oxygen atoms in total. The summed E-state index contributed by atoms with van der Waals surface area (Å²) in [6.07, 6.45) is 0. The van der Waals surface area contributed by atoms with Gasteiger partial charge in [-0.05, 0) is 30.3 Å². The maximum absolute atomic E-state index is 8.34. The Kier molecular flexibility index (Phi) is 3.59. The van der Waals surface area contributed by atoms with Gasteiger partial charge in [0.1, 0.15) is 0 Å². The van der Waals surface area contributed by atoms with Gasteiger partial charge in [0.25, 0.3) is 0 Å². The van der Waals surface area contributed by atoms with Crippen LogP contribution in [0.15, 0.2) is 54.6 Å². The van der Waals surface area contributed by atoms with Gasteiger partial charge < -0.3 is 4.90 Å². The van der Waals surface area contributed by atoms with Gasteiger partial charge in [-0.2, -0.15) is 0 Å². The van der Waals surface area contributed by atoms with Gasteiger partial charge >= 0.3 is 0 Å². The van der Waals surface area contributed by atoms with E-state index in [-0.39, 0.29) is 0 Å². The highest BCUT2D eigenvalue weighted by Crippen LogP contribution is 2.25. The molecule has 0 aliphatic rings. The van der Waals surface area contributed by atoms with Crippen LogP contribution in [0.4, 0.5) is 17.1 Å². The number of benzene rings is 2. The van der Waals surface area contributed by atoms with Gasteiger partial charge in [0.2, 0.25) is 0 Å². The Labute approximate surface area is 100.0 Å². The molecule has 17 heavy (non-hydrogen) atoms. The van der Waals surface area contributed by atoms with Crippen LogP contribution in [0.5, 0.6) is 0 Å². The molecule has 4 heteroatoms. The molecule has 0 heterocycles. The predicted molar refractivity (Wildman–Crippen MR) is 68.3 cm³/mol. The van der Waals surface area contributed by atoms with E-state index in [2.05, 4.69) is 10.5 Å². The molecular formula is C13H14N2O2. The van der Waals surface area contributed by atoms with Crippen LogP contribution in [-0.2, 0) is 4.99 Å². The molecule has 2 aromatic rings. The van der Waals surface area contributed by atoms with Gasteiger partial charge in [0.15, 0.2) is 0 Å². The summed E-state index contributed by atoms with van der Waals surface area (Å²) in [6, 6.07) is 17.6. The summed E-state index contributed by atoms with van der Waals surface area (Å²) in [6.45, 7) is 0. The highest BCUT2D eigenvalue weighted by molar-refractivity contribution is 5.66. The summed E-state index contributed by atoms with van der Waals surface area (Å²) in [5, 5.41) is 8.34. The SMILES string of the molecule is CN(c1ccccc1)c1cccc(NOO)c1. The molecule has 0 unspecified atom stereocenters. The van der Waals surface area contributed by atoms with Crippen molar-refractivity contribution in [2.75, 3.05) is 17.4 Å². The van der Waals surface area contributed by atoms with E-state index in [0.29, 0.717) is 5.69 Å². The first-order chi connectivity index (χ1) is 8.31. The number of para-hydroxylation sites is 1. The van der Waals surface area contributed by atoms with E-state index in [0.717, 1.165) is 11.4 Å². The maximum Gasteiger partial charge on any atom is 0.0655 e. The van der Waals surface area contributed by atoms with Crippen molar-refractivity contribution < 1.29 is 10.2 Å². The number of nitrogens with zero attached hydrogens (tertiary/aromatic N) is 1. The summed E-state index contributed by atoms with van der Waals surface area (Å²) >= 11 is 0. The summed E-state index contributed by atoms with van der Waals surface area (Å²) in [5.41, 5.74) is 5.16. The summed E-state index contributed by atoms with van der Waals surface area (Å²) in [4.78, 5) is 5.94. The van der Waals surface area contributed by atoms with E-state index in [1.54, 1.807) is 6.07 Å². The minimum absolute atomic E-state index is 0.688. The molecule has 2 rings (SSSR count). The molecule has 88 valence electrons. The quantitative estimate of drug-likeness (QED) is 0.625. The lowest BCUT2D eigenvalue weighted by Crippen LogP contribution is -2.09. The molecule has 0 spiro atoms. The lowest BCUT2D eigenvalue weighted by Gasteiger charge is -2.20. The van der Waals surface area contributed by atoms with Crippen molar-refractivity contribution in [1.29, 1.82) is 0 Å². The number of hydrogen-bond donors (Lipinski definition) is 2. The second kappa shape index (κ2) is 5.34. The Hall–Kier alpha value is -2.04. The molecule has 2 aromatic carbocycles. The van der Waals surface area contributed by atoms with Gasteiger partial charge in [-0.3, -0.25) is 0 Å². The molecular weight excluding hydrogens is 216 g/mol. The van der Waals surface area contributed by atoms with Crippen molar-refractivity contribution in [3.8, 4) is 0 Å². The van der Waals surface area contributed by atoms with E-state index in [1.807, 2.05) is 60.5 Å². The normalized spacial score (nSPS) is 10.0. The van der Waals surface area contributed by atoms with Crippen LogP contribution < -0.4 is 10.4 Å². The van der Waals surface area contributed by atoms with Crippen LogP contribution in [0.1, 0.15) is 0 Å². The van der Waals surface area contributed by atoms with Crippen LogP contribution in [0.2, 0.25) is 0 Å². The number of anilines is 3. The van der Waals surface area contributed by atoms with Crippen molar-refractivity contribution >= 4 is 17.1 Å². The molecule has 0 radical (unpaired) electrons. The van der Waals surface area contributed by atoms with Gasteiger partial charge in [0.05, 0.1) is 5.69 Å². The van der Waals surface area contributed by atoms with Crippen molar-refractivity contribution in [1.82, 2.24) is 0 Å². The van der Waals surface area contributed by atoms with Gasteiger partial charge in [-0.15, -0.1) is 4.99 Å². The zero-order valence-electron chi connectivity index (χ0n) is 9.50. The van der Waals surface area contributed by atoms with E-state index < -0.39 is 0 Å². The van der Waals surface area contributed by atoms with Crippen LogP contribution >= 0.6 is 0 Å². The highest BCUT2D eigenvalue weighted by Gasteiger charge is 2.03. The average molecular weight is 230 g/mol. The molecule has 0 fully saturated rings. The molecule has 0 aromatic heterocycles. The predicted octanol–water partition coefficient (Wildman–Crippen LogP) is 3.27. The van der Waals surface area contributed by atoms with Crippen molar-refractivity contribution in [2.45, 2.75) is 0 Å². The topological polar surface area (TPSA) is 44.7 Å². The van der Waals surface area contributed by atoms with Gasteiger partial charge in [-0.25, -0.2) is 10.7 Å². The Balaban J connectivity index is 2.25. The van der Waals surface area contributed by atoms with E-state index >= 15 is 0 Å². The maximum atomic E-state index is 8.34. The molecule has 0 atom stereocenters. The summed E-state index contributed by atoms with van der Waals surface area (Å²) < 4.78 is 0. The summed E-state index contributed by atoms with van der Waals surface area (Å²) in [7, 11) is 1.98. The summed E-state index contributed by atoms with van der Waals surface area (Å²) in [5.74, 6) is 0. The van der Waals surface area contributed by atoms with Crippen LogP contribution in [-0.4, -0.2) is 12.3 Å². The lowest BCUT2D eigenvalue weighted by atomic mass is 10.2. The Bertz CT molecular complexity index is 474. The van der Waals surface area contributed by atoms with Crippen LogP contribution in [0.25, 0.3) is 0 Å². The Morgan fingerprint density at radius 3 is 2.41 bits per heavy atom.